The molecular weight excluding hydrogens is 712 g/mol. The summed E-state index contributed by atoms with van der Waals surface area (Å²) in [5.41, 5.74) is -2.13. The lowest BCUT2D eigenvalue weighted by Gasteiger charge is -2.38. The molecule has 0 aliphatic rings. The molecule has 15 nitrogen and oxygen atoms in total. The van der Waals surface area contributed by atoms with Gasteiger partial charge in [-0.3, -0.25) is 19.2 Å². The third kappa shape index (κ3) is 14.7. The van der Waals surface area contributed by atoms with Crippen molar-refractivity contribution in [1.29, 1.82) is 0 Å². The molecule has 306 valence electrons. The monoisotopic (exact) mass is 772 g/mol. The highest BCUT2D eigenvalue weighted by molar-refractivity contribution is 5.93. The van der Waals surface area contributed by atoms with Crippen LogP contribution in [0.5, 0.6) is 11.5 Å². The van der Waals surface area contributed by atoms with E-state index in [0.29, 0.717) is 0 Å². The van der Waals surface area contributed by atoms with E-state index in [1.807, 2.05) is 30.3 Å². The summed E-state index contributed by atoms with van der Waals surface area (Å²) in [6, 6.07) is 10.2. The molecule has 0 heterocycles. The summed E-state index contributed by atoms with van der Waals surface area (Å²) in [4.78, 5) is 66.0. The molecule has 0 aliphatic heterocycles. The van der Waals surface area contributed by atoms with Gasteiger partial charge in [-0.2, -0.15) is 0 Å². The minimum absolute atomic E-state index is 0.0723. The highest BCUT2D eigenvalue weighted by Gasteiger charge is 2.44. The highest BCUT2D eigenvalue weighted by atomic mass is 16.6. The average Bonchev–Trinajstić information content (AvgIpc) is 3.10. The molecule has 3 amide bonds. The smallest absolute Gasteiger partial charge is 0.408 e. The molecule has 2 aromatic carbocycles. The van der Waals surface area contributed by atoms with Crippen LogP contribution in [0.4, 0.5) is 4.79 Å². The fraction of sp³-hybridized carbons (Fsp3) is 0.575. The molecule has 5 N–H and O–H groups in total. The number of rotatable bonds is 18. The van der Waals surface area contributed by atoms with Crippen LogP contribution in [-0.4, -0.2) is 90.6 Å². The van der Waals surface area contributed by atoms with Crippen LogP contribution < -0.4 is 30.7 Å². The molecule has 5 atom stereocenters. The van der Waals surface area contributed by atoms with Gasteiger partial charge in [0.1, 0.15) is 54.2 Å². The molecule has 0 fully saturated rings. The number of esters is 2. The highest BCUT2D eigenvalue weighted by Crippen LogP contribution is 2.37. The van der Waals surface area contributed by atoms with Crippen molar-refractivity contribution in [3.63, 3.8) is 0 Å². The number of aliphatic hydroxyl groups excluding tert-OH is 1. The lowest BCUT2D eigenvalue weighted by molar-refractivity contribution is -0.155. The molecule has 2 aromatic rings. The average molecular weight is 773 g/mol. The third-order valence-corrected chi connectivity index (χ3v) is 8.28. The van der Waals surface area contributed by atoms with E-state index in [0.717, 1.165) is 5.56 Å². The first-order valence-corrected chi connectivity index (χ1v) is 18.3. The zero-order valence-electron chi connectivity index (χ0n) is 34.2. The summed E-state index contributed by atoms with van der Waals surface area (Å²) in [7, 11) is 2.70. The van der Waals surface area contributed by atoms with Crippen molar-refractivity contribution in [3.8, 4) is 11.5 Å². The predicted octanol–water partition coefficient (Wildman–Crippen LogP) is 4.10. The van der Waals surface area contributed by atoms with Crippen molar-refractivity contribution in [1.82, 2.24) is 21.3 Å². The molecule has 0 saturated carbocycles. The minimum atomic E-state index is -1.57. The van der Waals surface area contributed by atoms with E-state index in [2.05, 4.69) is 21.3 Å². The number of hydrogen-bond acceptors (Lipinski definition) is 12. The SMILES string of the molecule is CC[C@@](C)(Oc1cc([C@@H](O)[C@H](NC)C(=O)OC)ccc1OCc1ccccc1)[C@H](NC(=O)[C@@H](NC(=O)OC(C)(C)C)C(C)C)C(=O)NCC(=O)OC(C)(C)C. The quantitative estimate of drug-likeness (QED) is 0.108. The lowest BCUT2D eigenvalue weighted by Crippen LogP contribution is -2.64. The number of ether oxygens (including phenoxy) is 5. The standard InChI is InChI=1S/C40H60N4O11/c1-13-40(10,53-28-21-26(32(46)31(41-11)36(49)51-12)19-20-27(28)52-23-25-17-15-14-16-18-25)33(35(48)42-22-29(45)54-38(4,5)6)44-34(47)30(24(2)3)43-37(50)55-39(7,8)9/h14-21,24,30-33,41,46H,13,22-23H2,1-12H3,(H,42,48)(H,43,50)(H,44,47)/t30-,31-,32+,33+,40+/m0/s1. The Kier molecular flexibility index (Phi) is 16.9. The minimum Gasteiger partial charge on any atom is -0.485 e. The second-order valence-corrected chi connectivity index (χ2v) is 15.6. The maximum Gasteiger partial charge on any atom is 0.408 e. The van der Waals surface area contributed by atoms with Crippen LogP contribution in [-0.2, 0) is 40.0 Å². The second-order valence-electron chi connectivity index (χ2n) is 15.6. The fourth-order valence-electron chi connectivity index (χ4n) is 5.29. The van der Waals surface area contributed by atoms with Gasteiger partial charge in [0.05, 0.1) is 7.11 Å². The van der Waals surface area contributed by atoms with Crippen molar-refractivity contribution >= 4 is 29.8 Å². The number of benzene rings is 2. The van der Waals surface area contributed by atoms with Gasteiger partial charge in [-0.15, -0.1) is 0 Å². The molecule has 2 rings (SSSR count). The molecule has 0 unspecified atom stereocenters. The van der Waals surface area contributed by atoms with Gasteiger partial charge in [0, 0.05) is 0 Å². The Bertz CT molecular complexity index is 1600. The summed E-state index contributed by atoms with van der Waals surface area (Å²) in [6.07, 6.45) is -2.12. The normalized spacial score (nSPS) is 14.9. The summed E-state index contributed by atoms with van der Waals surface area (Å²) in [5.74, 6) is -3.07. The Hall–Kier alpha value is -4.89. The van der Waals surface area contributed by atoms with E-state index in [-0.39, 0.29) is 30.1 Å². The van der Waals surface area contributed by atoms with E-state index in [1.165, 1.54) is 20.2 Å². The maximum absolute atomic E-state index is 14.1. The van der Waals surface area contributed by atoms with Gasteiger partial charge in [-0.05, 0) is 91.1 Å². The number of alkyl carbamates (subject to hydrolysis) is 1. The summed E-state index contributed by atoms with van der Waals surface area (Å²) in [6.45, 7) is 16.5. The van der Waals surface area contributed by atoms with Gasteiger partial charge in [-0.1, -0.05) is 57.2 Å². The molecule has 0 radical (unpaired) electrons. The number of aliphatic hydroxyl groups is 1. The zero-order chi connectivity index (χ0) is 41.7. The molecule has 0 spiro atoms. The van der Waals surface area contributed by atoms with Crippen molar-refractivity contribution in [2.75, 3.05) is 20.7 Å². The number of nitrogens with one attached hydrogen (secondary N) is 4. The van der Waals surface area contributed by atoms with Gasteiger partial charge < -0.3 is 50.1 Å². The first kappa shape index (κ1) is 46.3. The molecular formula is C40H60N4O11. The van der Waals surface area contributed by atoms with Crippen LogP contribution >= 0.6 is 0 Å². The number of hydrogen-bond donors (Lipinski definition) is 5. The maximum atomic E-state index is 14.1. The predicted molar refractivity (Wildman–Crippen MR) is 205 cm³/mol. The molecule has 0 bridgehead atoms. The van der Waals surface area contributed by atoms with Gasteiger partial charge >= 0.3 is 18.0 Å². The van der Waals surface area contributed by atoms with E-state index in [4.69, 9.17) is 23.7 Å². The number of methoxy groups -OCH3 is 1. The Balaban J connectivity index is 2.66. The van der Waals surface area contributed by atoms with E-state index in [9.17, 15) is 29.1 Å². The van der Waals surface area contributed by atoms with Crippen LogP contribution in [0.3, 0.4) is 0 Å². The molecule has 0 saturated heterocycles. The second kappa shape index (κ2) is 20.1. The summed E-state index contributed by atoms with van der Waals surface area (Å²) >= 11 is 0. The van der Waals surface area contributed by atoms with Gasteiger partial charge in [0.25, 0.3) is 0 Å². The molecule has 15 heteroatoms. The Morgan fingerprint density at radius 3 is 1.95 bits per heavy atom. The first-order chi connectivity index (χ1) is 25.5. The van der Waals surface area contributed by atoms with Crippen molar-refractivity contribution in [2.45, 2.75) is 123 Å². The van der Waals surface area contributed by atoms with Crippen molar-refractivity contribution in [3.05, 3.63) is 59.7 Å². The lowest BCUT2D eigenvalue weighted by atomic mass is 9.90. The van der Waals surface area contributed by atoms with Crippen LogP contribution in [0, 0.1) is 5.92 Å². The van der Waals surface area contributed by atoms with E-state index in [1.54, 1.807) is 81.4 Å². The third-order valence-electron chi connectivity index (χ3n) is 8.28. The number of carbonyl (C=O) groups is 5. The fourth-order valence-corrected chi connectivity index (χ4v) is 5.29. The number of carbonyl (C=O) groups excluding carboxylic acids is 5. The molecule has 0 aliphatic carbocycles. The van der Waals surface area contributed by atoms with E-state index < -0.39 is 83.3 Å². The molecule has 0 aromatic heterocycles. The van der Waals surface area contributed by atoms with Crippen molar-refractivity contribution < 1.29 is 52.8 Å². The van der Waals surface area contributed by atoms with Crippen LogP contribution in [0.25, 0.3) is 0 Å². The van der Waals surface area contributed by atoms with Crippen LogP contribution in [0.2, 0.25) is 0 Å². The first-order valence-electron chi connectivity index (χ1n) is 18.3. The van der Waals surface area contributed by atoms with Gasteiger partial charge in [0.2, 0.25) is 11.8 Å². The van der Waals surface area contributed by atoms with Crippen molar-refractivity contribution in [2.24, 2.45) is 5.92 Å². The Morgan fingerprint density at radius 2 is 1.42 bits per heavy atom. The Labute approximate surface area is 324 Å². The zero-order valence-corrected chi connectivity index (χ0v) is 34.2. The number of amides is 3. The van der Waals surface area contributed by atoms with E-state index >= 15 is 0 Å². The summed E-state index contributed by atoms with van der Waals surface area (Å²) < 4.78 is 28.4. The van der Waals surface area contributed by atoms with Crippen LogP contribution in [0.15, 0.2) is 48.5 Å². The van der Waals surface area contributed by atoms with Gasteiger partial charge in [0.15, 0.2) is 11.5 Å². The topological polar surface area (TPSA) is 200 Å². The van der Waals surface area contributed by atoms with Gasteiger partial charge in [-0.25, -0.2) is 4.79 Å². The van der Waals surface area contributed by atoms with Crippen LogP contribution in [0.1, 0.15) is 92.9 Å². The largest absolute Gasteiger partial charge is 0.485 e. The Morgan fingerprint density at radius 1 is 0.800 bits per heavy atom. The number of likely N-dealkylation sites (N-methyl/N-ethyl adjacent to an activating group) is 1. The summed E-state index contributed by atoms with van der Waals surface area (Å²) in [5, 5.41) is 21.9. The molecule has 55 heavy (non-hydrogen) atoms.